The molecule has 1 aliphatic rings. The molecule has 8 heteroatoms. The molecule has 0 unspecified atom stereocenters. The summed E-state index contributed by atoms with van der Waals surface area (Å²) in [7, 11) is 0. The summed E-state index contributed by atoms with van der Waals surface area (Å²) < 4.78 is 0. The summed E-state index contributed by atoms with van der Waals surface area (Å²) in [6.45, 7) is 2.79. The lowest BCUT2D eigenvalue weighted by Gasteiger charge is -2.32. The van der Waals surface area contributed by atoms with E-state index in [0.29, 0.717) is 0 Å². The van der Waals surface area contributed by atoms with Crippen molar-refractivity contribution in [1.29, 1.82) is 0 Å². The van der Waals surface area contributed by atoms with E-state index in [2.05, 4.69) is 32.3 Å². The van der Waals surface area contributed by atoms with Gasteiger partial charge in [0.1, 0.15) is 6.20 Å². The number of nitrogens with one attached hydrogen (secondary N) is 1. The fraction of sp³-hybridized carbons (Fsp3) is 0.375. The zero-order valence-electron chi connectivity index (χ0n) is 13.3. The molecule has 0 atom stereocenters. The normalized spacial score (nSPS) is 16.0. The lowest BCUT2D eigenvalue weighted by molar-refractivity contribution is -0.384. The summed E-state index contributed by atoms with van der Waals surface area (Å²) >= 11 is 0. The van der Waals surface area contributed by atoms with E-state index in [9.17, 15) is 10.1 Å². The molecule has 1 aromatic carbocycles. The standard InChI is InChI=1S/C16H20N6O2/c17-16-18-10-14(22(23)24)15(20-16)19-13-6-8-21(9-7-13)11-12-4-2-1-3-5-12/h1-5,10,13H,6-9,11H2,(H3,17,18,19,20). The number of anilines is 2. The first-order valence-corrected chi connectivity index (χ1v) is 7.91. The number of nitro groups is 1. The zero-order valence-corrected chi connectivity index (χ0v) is 13.3. The van der Waals surface area contributed by atoms with E-state index in [0.717, 1.165) is 38.7 Å². The van der Waals surface area contributed by atoms with Gasteiger partial charge in [0.25, 0.3) is 0 Å². The first-order valence-electron chi connectivity index (χ1n) is 7.91. The predicted molar refractivity (Wildman–Crippen MR) is 91.5 cm³/mol. The number of nitrogens with zero attached hydrogens (tertiary/aromatic N) is 4. The molecule has 0 amide bonds. The van der Waals surface area contributed by atoms with Crippen LogP contribution >= 0.6 is 0 Å². The first-order chi connectivity index (χ1) is 11.6. The SMILES string of the molecule is Nc1ncc([N+](=O)[O-])c(NC2CCN(Cc3ccccc3)CC2)n1. The van der Waals surface area contributed by atoms with Gasteiger partial charge in [-0.05, 0) is 18.4 Å². The van der Waals surface area contributed by atoms with Gasteiger partial charge in [-0.1, -0.05) is 30.3 Å². The van der Waals surface area contributed by atoms with Gasteiger partial charge >= 0.3 is 5.69 Å². The molecule has 0 bridgehead atoms. The lowest BCUT2D eigenvalue weighted by Crippen LogP contribution is -2.38. The molecule has 2 heterocycles. The van der Waals surface area contributed by atoms with Crippen LogP contribution in [0.4, 0.5) is 17.5 Å². The van der Waals surface area contributed by atoms with Crippen molar-refractivity contribution >= 4 is 17.5 Å². The average Bonchev–Trinajstić information content (AvgIpc) is 2.57. The fourth-order valence-corrected chi connectivity index (χ4v) is 2.90. The number of nitrogen functional groups attached to an aromatic ring is 1. The van der Waals surface area contributed by atoms with Crippen molar-refractivity contribution in [2.75, 3.05) is 24.1 Å². The molecular weight excluding hydrogens is 308 g/mol. The number of piperidine rings is 1. The fourth-order valence-electron chi connectivity index (χ4n) is 2.90. The number of aromatic nitrogens is 2. The molecule has 0 saturated carbocycles. The number of hydrogen-bond acceptors (Lipinski definition) is 7. The van der Waals surface area contributed by atoms with Crippen molar-refractivity contribution in [3.63, 3.8) is 0 Å². The van der Waals surface area contributed by atoms with Gasteiger partial charge in [-0.25, -0.2) is 4.98 Å². The molecule has 3 N–H and O–H groups in total. The van der Waals surface area contributed by atoms with Gasteiger partial charge in [0.05, 0.1) is 4.92 Å². The monoisotopic (exact) mass is 328 g/mol. The quantitative estimate of drug-likeness (QED) is 0.638. The van der Waals surface area contributed by atoms with Crippen LogP contribution in [-0.2, 0) is 6.54 Å². The molecule has 0 spiro atoms. The van der Waals surface area contributed by atoms with Gasteiger partial charge in [0.2, 0.25) is 11.8 Å². The highest BCUT2D eigenvalue weighted by Gasteiger charge is 2.23. The van der Waals surface area contributed by atoms with Gasteiger partial charge in [-0.3, -0.25) is 15.0 Å². The average molecular weight is 328 g/mol. The van der Waals surface area contributed by atoms with Crippen molar-refractivity contribution in [3.8, 4) is 0 Å². The van der Waals surface area contributed by atoms with E-state index in [-0.39, 0.29) is 23.5 Å². The molecule has 126 valence electrons. The molecule has 1 fully saturated rings. The Bertz CT molecular complexity index is 701. The maximum atomic E-state index is 11.1. The van der Waals surface area contributed by atoms with Gasteiger partial charge in [0.15, 0.2) is 0 Å². The minimum absolute atomic E-state index is 0.0320. The minimum atomic E-state index is -0.494. The van der Waals surface area contributed by atoms with E-state index in [1.807, 2.05) is 18.2 Å². The van der Waals surface area contributed by atoms with E-state index < -0.39 is 4.92 Å². The second-order valence-electron chi connectivity index (χ2n) is 5.90. The number of nitrogens with two attached hydrogens (primary N) is 1. The van der Waals surface area contributed by atoms with Crippen LogP contribution in [0.1, 0.15) is 18.4 Å². The lowest BCUT2D eigenvalue weighted by atomic mass is 10.0. The molecular formula is C16H20N6O2. The van der Waals surface area contributed by atoms with E-state index in [1.165, 1.54) is 5.56 Å². The van der Waals surface area contributed by atoms with Crippen molar-refractivity contribution in [1.82, 2.24) is 14.9 Å². The molecule has 1 saturated heterocycles. The van der Waals surface area contributed by atoms with Crippen LogP contribution < -0.4 is 11.1 Å². The molecule has 1 aromatic heterocycles. The summed E-state index contributed by atoms with van der Waals surface area (Å²) in [5, 5.41) is 14.2. The van der Waals surface area contributed by atoms with Crippen LogP contribution in [0.2, 0.25) is 0 Å². The number of likely N-dealkylation sites (tertiary alicyclic amines) is 1. The summed E-state index contributed by atoms with van der Waals surface area (Å²) in [4.78, 5) is 20.6. The van der Waals surface area contributed by atoms with Crippen LogP contribution in [0.3, 0.4) is 0 Å². The summed E-state index contributed by atoms with van der Waals surface area (Å²) in [5.74, 6) is 0.235. The van der Waals surface area contributed by atoms with Gasteiger partial charge in [-0.2, -0.15) is 4.98 Å². The summed E-state index contributed by atoms with van der Waals surface area (Å²) in [6, 6.07) is 10.5. The maximum Gasteiger partial charge on any atom is 0.329 e. The van der Waals surface area contributed by atoms with Crippen LogP contribution in [0.25, 0.3) is 0 Å². The minimum Gasteiger partial charge on any atom is -0.368 e. The van der Waals surface area contributed by atoms with E-state index in [4.69, 9.17) is 5.73 Å². The van der Waals surface area contributed by atoms with Crippen molar-refractivity contribution < 1.29 is 4.92 Å². The Labute approximate surface area is 139 Å². The molecule has 2 aromatic rings. The van der Waals surface area contributed by atoms with Gasteiger partial charge in [0, 0.05) is 25.7 Å². The van der Waals surface area contributed by atoms with Crippen LogP contribution in [0, 0.1) is 10.1 Å². The van der Waals surface area contributed by atoms with E-state index >= 15 is 0 Å². The third kappa shape index (κ3) is 3.96. The summed E-state index contributed by atoms with van der Waals surface area (Å²) in [6.07, 6.45) is 2.94. The van der Waals surface area contributed by atoms with Gasteiger partial charge in [-0.15, -0.1) is 0 Å². The molecule has 3 rings (SSSR count). The highest BCUT2D eigenvalue weighted by Crippen LogP contribution is 2.24. The Hall–Kier alpha value is -2.74. The highest BCUT2D eigenvalue weighted by molar-refractivity contribution is 5.56. The molecule has 1 aliphatic heterocycles. The number of rotatable bonds is 5. The Balaban J connectivity index is 1.58. The van der Waals surface area contributed by atoms with Gasteiger partial charge < -0.3 is 11.1 Å². The second-order valence-corrected chi connectivity index (χ2v) is 5.90. The third-order valence-electron chi connectivity index (χ3n) is 4.16. The molecule has 24 heavy (non-hydrogen) atoms. The molecule has 0 radical (unpaired) electrons. The predicted octanol–water partition coefficient (Wildman–Crippen LogP) is 2.04. The van der Waals surface area contributed by atoms with Crippen LogP contribution in [-0.4, -0.2) is 38.9 Å². The van der Waals surface area contributed by atoms with Crippen LogP contribution in [0.15, 0.2) is 36.5 Å². The van der Waals surface area contributed by atoms with Crippen LogP contribution in [0.5, 0.6) is 0 Å². The molecule has 8 nitrogen and oxygen atoms in total. The Morgan fingerprint density at radius 1 is 1.29 bits per heavy atom. The Morgan fingerprint density at radius 2 is 2.00 bits per heavy atom. The number of hydrogen-bond donors (Lipinski definition) is 2. The van der Waals surface area contributed by atoms with Crippen molar-refractivity contribution in [2.24, 2.45) is 0 Å². The van der Waals surface area contributed by atoms with Crippen molar-refractivity contribution in [2.45, 2.75) is 25.4 Å². The first kappa shape index (κ1) is 16.1. The van der Waals surface area contributed by atoms with Crippen molar-refractivity contribution in [3.05, 3.63) is 52.2 Å². The topological polar surface area (TPSA) is 110 Å². The smallest absolute Gasteiger partial charge is 0.329 e. The largest absolute Gasteiger partial charge is 0.368 e. The Morgan fingerprint density at radius 3 is 2.67 bits per heavy atom. The third-order valence-corrected chi connectivity index (χ3v) is 4.16. The van der Waals surface area contributed by atoms with E-state index in [1.54, 1.807) is 0 Å². The maximum absolute atomic E-state index is 11.1. The number of benzene rings is 1. The molecule has 0 aliphatic carbocycles. The summed E-state index contributed by atoms with van der Waals surface area (Å²) in [5.41, 5.74) is 6.70. The highest BCUT2D eigenvalue weighted by atomic mass is 16.6. The Kier molecular flexibility index (Phi) is 4.85. The zero-order chi connectivity index (χ0) is 16.9. The second kappa shape index (κ2) is 7.22.